The number of nitrogens with zero attached hydrogens (tertiary/aromatic N) is 2. The molecule has 0 aliphatic heterocycles. The van der Waals surface area contributed by atoms with Gasteiger partial charge in [-0.1, -0.05) is 31.4 Å². The van der Waals surface area contributed by atoms with E-state index in [1.807, 2.05) is 35.9 Å². The first-order chi connectivity index (χ1) is 10.6. The Kier molecular flexibility index (Phi) is 4.16. The van der Waals surface area contributed by atoms with Gasteiger partial charge in [0.1, 0.15) is 5.82 Å². The number of hydrogen-bond donors (Lipinski definition) is 2. The Morgan fingerprint density at radius 1 is 1.32 bits per heavy atom. The molecule has 0 radical (unpaired) electrons. The maximum absolute atomic E-state index is 12.1. The van der Waals surface area contributed by atoms with Crippen LogP contribution >= 0.6 is 0 Å². The Hall–Kier alpha value is -1.88. The van der Waals surface area contributed by atoms with Gasteiger partial charge < -0.3 is 15.0 Å². The third kappa shape index (κ3) is 3.14. The van der Waals surface area contributed by atoms with Crippen LogP contribution in [-0.4, -0.2) is 26.2 Å². The zero-order chi connectivity index (χ0) is 15.6. The molecule has 1 aliphatic rings. The van der Waals surface area contributed by atoms with Crippen molar-refractivity contribution in [3.63, 3.8) is 0 Å². The summed E-state index contributed by atoms with van der Waals surface area (Å²) in [5.41, 5.74) is 1.17. The van der Waals surface area contributed by atoms with Gasteiger partial charge in [-0.15, -0.1) is 0 Å². The van der Waals surface area contributed by atoms with E-state index >= 15 is 0 Å². The standard InChI is InChI=1S/C17H23N3O2/c1-20-14-8-4-3-7-13(14)19-15(20)12-18-16(21)11-17(22)9-5-2-6-10-17/h3-4,7-8,22H,2,5-6,9-12H2,1H3,(H,18,21). The van der Waals surface area contributed by atoms with Crippen molar-refractivity contribution in [1.82, 2.24) is 14.9 Å². The molecular weight excluding hydrogens is 278 g/mol. The molecule has 1 aromatic heterocycles. The lowest BCUT2D eigenvalue weighted by Gasteiger charge is -2.31. The van der Waals surface area contributed by atoms with Gasteiger partial charge in [0.05, 0.1) is 29.6 Å². The molecular formula is C17H23N3O2. The lowest BCUT2D eigenvalue weighted by atomic mass is 9.82. The molecule has 0 atom stereocenters. The zero-order valence-corrected chi connectivity index (χ0v) is 13.0. The second-order valence-electron chi connectivity index (χ2n) is 6.31. The largest absolute Gasteiger partial charge is 0.389 e. The number of aliphatic hydroxyl groups is 1. The van der Waals surface area contributed by atoms with Crippen molar-refractivity contribution in [2.24, 2.45) is 7.05 Å². The molecule has 5 heteroatoms. The Bertz CT molecular complexity index is 672. The first-order valence-corrected chi connectivity index (χ1v) is 7.97. The number of aromatic nitrogens is 2. The van der Waals surface area contributed by atoms with Crippen LogP contribution in [0.4, 0.5) is 0 Å². The van der Waals surface area contributed by atoms with Gasteiger partial charge in [-0.3, -0.25) is 4.79 Å². The molecule has 2 aromatic rings. The fourth-order valence-corrected chi connectivity index (χ4v) is 3.28. The maximum Gasteiger partial charge on any atom is 0.223 e. The van der Waals surface area contributed by atoms with Crippen molar-refractivity contribution in [2.45, 2.75) is 50.7 Å². The molecule has 118 valence electrons. The van der Waals surface area contributed by atoms with E-state index in [0.717, 1.165) is 49.0 Å². The zero-order valence-electron chi connectivity index (χ0n) is 13.0. The number of carbonyl (C=O) groups is 1. The highest BCUT2D eigenvalue weighted by Crippen LogP contribution is 2.30. The molecule has 2 N–H and O–H groups in total. The summed E-state index contributed by atoms with van der Waals surface area (Å²) in [7, 11) is 1.95. The summed E-state index contributed by atoms with van der Waals surface area (Å²) < 4.78 is 1.99. The second kappa shape index (κ2) is 6.08. The molecule has 1 aromatic carbocycles. The first-order valence-electron chi connectivity index (χ1n) is 7.97. The summed E-state index contributed by atoms with van der Waals surface area (Å²) in [6.07, 6.45) is 4.82. The monoisotopic (exact) mass is 301 g/mol. The van der Waals surface area contributed by atoms with Crippen molar-refractivity contribution in [3.05, 3.63) is 30.1 Å². The number of amides is 1. The van der Waals surface area contributed by atoms with Gasteiger partial charge in [0.15, 0.2) is 0 Å². The van der Waals surface area contributed by atoms with Gasteiger partial charge in [-0.25, -0.2) is 4.98 Å². The third-order valence-corrected chi connectivity index (χ3v) is 4.60. The van der Waals surface area contributed by atoms with Gasteiger partial charge in [0, 0.05) is 7.05 Å². The molecule has 1 saturated carbocycles. The molecule has 22 heavy (non-hydrogen) atoms. The van der Waals surface area contributed by atoms with E-state index in [2.05, 4.69) is 10.3 Å². The van der Waals surface area contributed by atoms with E-state index in [4.69, 9.17) is 0 Å². The number of para-hydroxylation sites is 2. The topological polar surface area (TPSA) is 67.2 Å². The van der Waals surface area contributed by atoms with Crippen LogP contribution in [0.1, 0.15) is 44.3 Å². The number of rotatable bonds is 4. The van der Waals surface area contributed by atoms with Crippen LogP contribution in [0.15, 0.2) is 24.3 Å². The fraction of sp³-hybridized carbons (Fsp3) is 0.529. The number of benzene rings is 1. The molecule has 0 spiro atoms. The number of carbonyl (C=O) groups excluding carboxylic acids is 1. The molecule has 1 aliphatic carbocycles. The highest BCUT2D eigenvalue weighted by molar-refractivity contribution is 5.78. The maximum atomic E-state index is 12.1. The van der Waals surface area contributed by atoms with E-state index in [9.17, 15) is 9.90 Å². The lowest BCUT2D eigenvalue weighted by Crippen LogP contribution is -2.38. The molecule has 0 bridgehead atoms. The molecule has 1 amide bonds. The first kappa shape index (κ1) is 15.0. The summed E-state index contributed by atoms with van der Waals surface area (Å²) in [5.74, 6) is 0.724. The second-order valence-corrected chi connectivity index (χ2v) is 6.31. The van der Waals surface area contributed by atoms with E-state index in [1.54, 1.807) is 0 Å². The normalized spacial score (nSPS) is 17.5. The average molecular weight is 301 g/mol. The van der Waals surface area contributed by atoms with Crippen molar-refractivity contribution >= 4 is 16.9 Å². The molecule has 1 heterocycles. The average Bonchev–Trinajstić information content (AvgIpc) is 2.82. The smallest absolute Gasteiger partial charge is 0.223 e. The van der Waals surface area contributed by atoms with Crippen molar-refractivity contribution < 1.29 is 9.90 Å². The van der Waals surface area contributed by atoms with Gasteiger partial charge >= 0.3 is 0 Å². The van der Waals surface area contributed by atoms with E-state index in [0.29, 0.717) is 6.54 Å². The quantitative estimate of drug-likeness (QED) is 0.910. The molecule has 1 fully saturated rings. The summed E-state index contributed by atoms with van der Waals surface area (Å²) in [6.45, 7) is 0.389. The lowest BCUT2D eigenvalue weighted by molar-refractivity contribution is -0.127. The number of imidazole rings is 1. The Morgan fingerprint density at radius 2 is 2.05 bits per heavy atom. The van der Waals surface area contributed by atoms with Gasteiger partial charge in [0.2, 0.25) is 5.91 Å². The molecule has 0 saturated heterocycles. The number of aryl methyl sites for hydroxylation is 1. The summed E-state index contributed by atoms with van der Waals surface area (Å²) >= 11 is 0. The molecule has 5 nitrogen and oxygen atoms in total. The van der Waals surface area contributed by atoms with Crippen LogP contribution in [0, 0.1) is 0 Å². The Labute approximate surface area is 130 Å². The predicted molar refractivity (Wildman–Crippen MR) is 85.2 cm³/mol. The highest BCUT2D eigenvalue weighted by Gasteiger charge is 2.31. The van der Waals surface area contributed by atoms with E-state index in [-0.39, 0.29) is 12.3 Å². The van der Waals surface area contributed by atoms with Gasteiger partial charge in [0.25, 0.3) is 0 Å². The number of fused-ring (bicyclic) bond motifs is 1. The van der Waals surface area contributed by atoms with Crippen molar-refractivity contribution in [2.75, 3.05) is 0 Å². The Morgan fingerprint density at radius 3 is 2.77 bits per heavy atom. The Balaban J connectivity index is 1.61. The summed E-state index contributed by atoms with van der Waals surface area (Å²) in [5, 5.41) is 13.3. The predicted octanol–water partition coefficient (Wildman–Crippen LogP) is 2.27. The SMILES string of the molecule is Cn1c(CNC(=O)CC2(O)CCCCC2)nc2ccccc21. The fourth-order valence-electron chi connectivity index (χ4n) is 3.28. The van der Waals surface area contributed by atoms with Gasteiger partial charge in [-0.05, 0) is 25.0 Å². The van der Waals surface area contributed by atoms with Crippen LogP contribution in [0.5, 0.6) is 0 Å². The van der Waals surface area contributed by atoms with Crippen molar-refractivity contribution in [1.29, 1.82) is 0 Å². The van der Waals surface area contributed by atoms with Crippen molar-refractivity contribution in [3.8, 4) is 0 Å². The third-order valence-electron chi connectivity index (χ3n) is 4.60. The molecule has 0 unspecified atom stereocenters. The molecule has 3 rings (SSSR count). The summed E-state index contributed by atoms with van der Waals surface area (Å²) in [4.78, 5) is 16.6. The highest BCUT2D eigenvalue weighted by atomic mass is 16.3. The van der Waals surface area contributed by atoms with Crippen LogP contribution in [0.3, 0.4) is 0 Å². The van der Waals surface area contributed by atoms with Crippen LogP contribution in [0.2, 0.25) is 0 Å². The number of nitrogens with one attached hydrogen (secondary N) is 1. The van der Waals surface area contributed by atoms with E-state index < -0.39 is 5.60 Å². The van der Waals surface area contributed by atoms with Crippen LogP contribution < -0.4 is 5.32 Å². The minimum absolute atomic E-state index is 0.101. The minimum atomic E-state index is -0.811. The van der Waals surface area contributed by atoms with E-state index in [1.165, 1.54) is 0 Å². The van der Waals surface area contributed by atoms with Crippen LogP contribution in [-0.2, 0) is 18.4 Å². The van der Waals surface area contributed by atoms with Gasteiger partial charge in [-0.2, -0.15) is 0 Å². The summed E-state index contributed by atoms with van der Waals surface area (Å²) in [6, 6.07) is 7.91. The van der Waals surface area contributed by atoms with Crippen LogP contribution in [0.25, 0.3) is 11.0 Å². The minimum Gasteiger partial charge on any atom is -0.389 e. The number of hydrogen-bond acceptors (Lipinski definition) is 3.